The molecule has 0 aromatic heterocycles. The fourth-order valence-corrected chi connectivity index (χ4v) is 2.72. The molecule has 17 heavy (non-hydrogen) atoms. The molecule has 0 bridgehead atoms. The van der Waals surface area contributed by atoms with E-state index in [9.17, 15) is 0 Å². The number of ether oxygens (including phenoxy) is 1. The molecule has 2 atom stereocenters. The van der Waals surface area contributed by atoms with Crippen LogP contribution in [0.3, 0.4) is 0 Å². The molecule has 1 heterocycles. The van der Waals surface area contributed by atoms with Gasteiger partial charge in [0, 0.05) is 10.9 Å². The monoisotopic (exact) mass is 227 g/mol. The third-order valence-corrected chi connectivity index (χ3v) is 3.60. The first-order chi connectivity index (χ1) is 8.35. The second-order valence-corrected chi connectivity index (χ2v) is 4.54. The molecule has 0 saturated heterocycles. The van der Waals surface area contributed by atoms with Gasteiger partial charge < -0.3 is 10.1 Å². The molecule has 2 nitrogen and oxygen atoms in total. The minimum absolute atomic E-state index is 0.251. The lowest BCUT2D eigenvalue weighted by atomic mass is 9.99. The lowest BCUT2D eigenvalue weighted by Gasteiger charge is -2.16. The number of hydrogen-bond acceptors (Lipinski definition) is 2. The van der Waals surface area contributed by atoms with Crippen LogP contribution in [0.1, 0.15) is 24.9 Å². The van der Waals surface area contributed by atoms with Crippen LogP contribution in [0, 0.1) is 0 Å². The molecule has 2 aromatic carbocycles. The maximum absolute atomic E-state index is 6.11. The van der Waals surface area contributed by atoms with Crippen molar-refractivity contribution in [2.75, 3.05) is 7.05 Å². The molecule has 0 aliphatic carbocycles. The zero-order valence-corrected chi connectivity index (χ0v) is 10.2. The molecular weight excluding hydrogens is 210 g/mol. The van der Waals surface area contributed by atoms with E-state index in [-0.39, 0.29) is 6.10 Å². The summed E-state index contributed by atoms with van der Waals surface area (Å²) in [4.78, 5) is 0. The summed E-state index contributed by atoms with van der Waals surface area (Å²) in [6, 6.07) is 13.1. The van der Waals surface area contributed by atoms with Crippen molar-refractivity contribution in [3.8, 4) is 5.75 Å². The summed E-state index contributed by atoms with van der Waals surface area (Å²) in [7, 11) is 2.00. The maximum Gasteiger partial charge on any atom is 0.132 e. The van der Waals surface area contributed by atoms with Gasteiger partial charge >= 0.3 is 0 Å². The van der Waals surface area contributed by atoms with Gasteiger partial charge in [0.25, 0.3) is 0 Å². The quantitative estimate of drug-likeness (QED) is 0.850. The fraction of sp³-hybridized carbons (Fsp3) is 0.333. The summed E-state index contributed by atoms with van der Waals surface area (Å²) >= 11 is 0. The largest absolute Gasteiger partial charge is 0.487 e. The Hall–Kier alpha value is -1.54. The molecule has 0 amide bonds. The van der Waals surface area contributed by atoms with Crippen LogP contribution in [0.5, 0.6) is 5.75 Å². The van der Waals surface area contributed by atoms with Crippen molar-refractivity contribution in [1.29, 1.82) is 0 Å². The van der Waals surface area contributed by atoms with Crippen LogP contribution < -0.4 is 10.1 Å². The van der Waals surface area contributed by atoms with Crippen LogP contribution in [0.25, 0.3) is 10.8 Å². The highest BCUT2D eigenvalue weighted by Gasteiger charge is 2.32. The first-order valence-electron chi connectivity index (χ1n) is 6.20. The molecule has 2 aromatic rings. The Morgan fingerprint density at radius 1 is 1.18 bits per heavy atom. The van der Waals surface area contributed by atoms with Crippen LogP contribution in [0.15, 0.2) is 36.4 Å². The topological polar surface area (TPSA) is 21.3 Å². The summed E-state index contributed by atoms with van der Waals surface area (Å²) in [5.41, 5.74) is 1.29. The van der Waals surface area contributed by atoms with Crippen LogP contribution >= 0.6 is 0 Å². The van der Waals surface area contributed by atoms with E-state index in [1.165, 1.54) is 16.3 Å². The summed E-state index contributed by atoms with van der Waals surface area (Å²) in [5.74, 6) is 1.06. The second-order valence-electron chi connectivity index (χ2n) is 4.54. The Bertz CT molecular complexity index is 550. The summed E-state index contributed by atoms with van der Waals surface area (Å²) in [6.45, 7) is 2.17. The minimum atomic E-state index is 0.251. The van der Waals surface area contributed by atoms with E-state index in [4.69, 9.17) is 4.74 Å². The van der Waals surface area contributed by atoms with E-state index in [1.54, 1.807) is 0 Å². The number of benzene rings is 2. The second kappa shape index (κ2) is 4.04. The lowest BCUT2D eigenvalue weighted by molar-refractivity contribution is 0.191. The molecule has 0 radical (unpaired) electrons. The average molecular weight is 227 g/mol. The summed E-state index contributed by atoms with van der Waals surface area (Å²) in [5, 5.41) is 5.83. The SMILES string of the molecule is CCC1Oc2c(ccc3ccccc23)C1NC. The van der Waals surface area contributed by atoms with E-state index < -0.39 is 0 Å². The first-order valence-corrected chi connectivity index (χ1v) is 6.20. The van der Waals surface area contributed by atoms with Crippen molar-refractivity contribution < 1.29 is 4.74 Å². The van der Waals surface area contributed by atoms with Crippen LogP contribution in [-0.2, 0) is 0 Å². The molecule has 1 aliphatic heterocycles. The third-order valence-electron chi connectivity index (χ3n) is 3.60. The molecule has 2 heteroatoms. The van der Waals surface area contributed by atoms with Crippen molar-refractivity contribution >= 4 is 10.8 Å². The highest BCUT2D eigenvalue weighted by molar-refractivity contribution is 5.90. The smallest absolute Gasteiger partial charge is 0.132 e. The van der Waals surface area contributed by atoms with Crippen molar-refractivity contribution in [1.82, 2.24) is 5.32 Å². The first kappa shape index (κ1) is 10.6. The Balaban J connectivity index is 2.20. The molecule has 88 valence electrons. The van der Waals surface area contributed by atoms with E-state index in [1.807, 2.05) is 7.05 Å². The molecule has 0 spiro atoms. The van der Waals surface area contributed by atoms with E-state index >= 15 is 0 Å². The van der Waals surface area contributed by atoms with Gasteiger partial charge in [0.1, 0.15) is 11.9 Å². The van der Waals surface area contributed by atoms with Crippen LogP contribution in [0.4, 0.5) is 0 Å². The highest BCUT2D eigenvalue weighted by atomic mass is 16.5. The fourth-order valence-electron chi connectivity index (χ4n) is 2.72. The Morgan fingerprint density at radius 3 is 2.76 bits per heavy atom. The Labute approximate surface area is 102 Å². The third kappa shape index (κ3) is 1.52. The van der Waals surface area contributed by atoms with E-state index in [0.29, 0.717) is 6.04 Å². The molecule has 1 N–H and O–H groups in total. The minimum Gasteiger partial charge on any atom is -0.487 e. The van der Waals surface area contributed by atoms with E-state index in [0.717, 1.165) is 12.2 Å². The lowest BCUT2D eigenvalue weighted by Crippen LogP contribution is -2.27. The Morgan fingerprint density at radius 2 is 2.00 bits per heavy atom. The van der Waals surface area contributed by atoms with Gasteiger partial charge in [-0.25, -0.2) is 0 Å². The molecule has 1 aliphatic rings. The number of fused-ring (bicyclic) bond motifs is 3. The Kier molecular flexibility index (Phi) is 2.52. The van der Waals surface area contributed by atoms with Crippen molar-refractivity contribution in [3.05, 3.63) is 42.0 Å². The standard InChI is InChI=1S/C15H17NO/c1-3-13-14(16-2)12-9-8-10-6-4-5-7-11(10)15(12)17-13/h4-9,13-14,16H,3H2,1-2H3. The van der Waals surface area contributed by atoms with Crippen molar-refractivity contribution in [2.24, 2.45) is 0 Å². The average Bonchev–Trinajstić information content (AvgIpc) is 2.76. The number of nitrogens with one attached hydrogen (secondary N) is 1. The number of rotatable bonds is 2. The molecule has 0 saturated carbocycles. The van der Waals surface area contributed by atoms with Gasteiger partial charge in [0.2, 0.25) is 0 Å². The number of likely N-dealkylation sites (N-methyl/N-ethyl adjacent to an activating group) is 1. The van der Waals surface area contributed by atoms with Gasteiger partial charge in [-0.15, -0.1) is 0 Å². The van der Waals surface area contributed by atoms with Crippen molar-refractivity contribution in [3.63, 3.8) is 0 Å². The van der Waals surface area contributed by atoms with Gasteiger partial charge in [-0.2, -0.15) is 0 Å². The summed E-state index contributed by atoms with van der Waals surface area (Å²) < 4.78 is 6.11. The molecule has 0 fully saturated rings. The van der Waals surface area contributed by atoms with E-state index in [2.05, 4.69) is 48.6 Å². The number of hydrogen-bond donors (Lipinski definition) is 1. The van der Waals surface area contributed by atoms with Gasteiger partial charge in [-0.1, -0.05) is 43.3 Å². The van der Waals surface area contributed by atoms with Gasteiger partial charge in [-0.05, 0) is 18.9 Å². The molecule has 3 rings (SSSR count). The summed E-state index contributed by atoms with van der Waals surface area (Å²) in [6.07, 6.45) is 1.27. The van der Waals surface area contributed by atoms with Gasteiger partial charge in [0.05, 0.1) is 6.04 Å². The predicted molar refractivity (Wildman–Crippen MR) is 70.5 cm³/mol. The van der Waals surface area contributed by atoms with Gasteiger partial charge in [-0.3, -0.25) is 0 Å². The molecule has 2 unspecified atom stereocenters. The van der Waals surface area contributed by atoms with Gasteiger partial charge in [0.15, 0.2) is 0 Å². The normalized spacial score (nSPS) is 22.5. The highest BCUT2D eigenvalue weighted by Crippen LogP contribution is 2.42. The predicted octanol–water partition coefficient (Wildman–Crippen LogP) is 3.27. The van der Waals surface area contributed by atoms with Crippen molar-refractivity contribution in [2.45, 2.75) is 25.5 Å². The maximum atomic E-state index is 6.11. The zero-order chi connectivity index (χ0) is 11.8. The van der Waals surface area contributed by atoms with Crippen LogP contribution in [-0.4, -0.2) is 13.2 Å². The molecular formula is C15H17NO. The van der Waals surface area contributed by atoms with Crippen LogP contribution in [0.2, 0.25) is 0 Å². The zero-order valence-electron chi connectivity index (χ0n) is 10.2.